The number of aromatic nitrogens is 3. The van der Waals surface area contributed by atoms with Crippen LogP contribution in [0.15, 0.2) is 66.3 Å². The summed E-state index contributed by atoms with van der Waals surface area (Å²) in [7, 11) is 1.57. The number of allylic oxidation sites excluding steroid dienone is 1. The van der Waals surface area contributed by atoms with Gasteiger partial charge in [0, 0.05) is 17.8 Å². The van der Waals surface area contributed by atoms with Gasteiger partial charge in [0.05, 0.1) is 18.4 Å². The predicted octanol–water partition coefficient (Wildman–Crippen LogP) is 4.89. The summed E-state index contributed by atoms with van der Waals surface area (Å²) in [5.41, 5.74) is 0.0330. The highest BCUT2D eigenvalue weighted by Crippen LogP contribution is 2.31. The Bertz CT molecular complexity index is 1080. The van der Waals surface area contributed by atoms with Gasteiger partial charge in [-0.25, -0.2) is 0 Å². The fourth-order valence-corrected chi connectivity index (χ4v) is 3.51. The van der Waals surface area contributed by atoms with Gasteiger partial charge in [-0.2, -0.15) is 13.2 Å². The summed E-state index contributed by atoms with van der Waals surface area (Å²) in [6, 6.07) is 11.8. The second kappa shape index (κ2) is 9.69. The molecule has 0 unspecified atom stereocenters. The standard InChI is InChI=1S/C21H19F3N4O2S/c1-3-10-28-19(14-6-4-9-17(11-14)30-2)26-27-20(28)31-13-18(29)25-16-8-5-7-15(12-16)21(22,23)24/h3-9,11-12H,1,10,13H2,2H3,(H,25,29). The fraction of sp³-hybridized carbons (Fsp3) is 0.190. The van der Waals surface area contributed by atoms with Crippen molar-refractivity contribution in [3.63, 3.8) is 0 Å². The van der Waals surface area contributed by atoms with E-state index < -0.39 is 17.6 Å². The van der Waals surface area contributed by atoms with Crippen molar-refractivity contribution in [3.8, 4) is 17.1 Å². The molecule has 0 atom stereocenters. The van der Waals surface area contributed by atoms with Gasteiger partial charge in [0.15, 0.2) is 11.0 Å². The number of amides is 1. The number of rotatable bonds is 8. The maximum absolute atomic E-state index is 12.8. The average Bonchev–Trinajstić information content (AvgIpc) is 3.15. The minimum Gasteiger partial charge on any atom is -0.497 e. The number of nitrogens with one attached hydrogen (secondary N) is 1. The Kier molecular flexibility index (Phi) is 7.01. The molecule has 1 amide bonds. The van der Waals surface area contributed by atoms with Gasteiger partial charge in [0.25, 0.3) is 0 Å². The van der Waals surface area contributed by atoms with Gasteiger partial charge in [-0.1, -0.05) is 36.0 Å². The lowest BCUT2D eigenvalue weighted by Gasteiger charge is -2.10. The van der Waals surface area contributed by atoms with Crippen molar-refractivity contribution in [2.75, 3.05) is 18.2 Å². The second-order valence-corrected chi connectivity index (χ2v) is 7.30. The van der Waals surface area contributed by atoms with Crippen molar-refractivity contribution in [3.05, 3.63) is 66.7 Å². The van der Waals surface area contributed by atoms with Crippen LogP contribution in [0.25, 0.3) is 11.4 Å². The molecule has 31 heavy (non-hydrogen) atoms. The minimum absolute atomic E-state index is 0.0520. The maximum Gasteiger partial charge on any atom is 0.416 e. The molecule has 6 nitrogen and oxygen atoms in total. The quantitative estimate of drug-likeness (QED) is 0.393. The van der Waals surface area contributed by atoms with E-state index in [9.17, 15) is 18.0 Å². The number of methoxy groups -OCH3 is 1. The Hall–Kier alpha value is -3.27. The first kappa shape index (κ1) is 22.4. The summed E-state index contributed by atoms with van der Waals surface area (Å²) in [6.45, 7) is 4.16. The lowest BCUT2D eigenvalue weighted by Crippen LogP contribution is -2.15. The number of carbonyl (C=O) groups is 1. The van der Waals surface area contributed by atoms with Crippen LogP contribution < -0.4 is 10.1 Å². The monoisotopic (exact) mass is 448 g/mol. The van der Waals surface area contributed by atoms with E-state index in [1.165, 1.54) is 12.1 Å². The molecule has 10 heteroatoms. The SMILES string of the molecule is C=CCn1c(SCC(=O)Nc2cccc(C(F)(F)F)c2)nnc1-c1cccc(OC)c1. The summed E-state index contributed by atoms with van der Waals surface area (Å²) in [4.78, 5) is 12.3. The summed E-state index contributed by atoms with van der Waals surface area (Å²) < 4.78 is 45.5. The molecule has 0 saturated heterocycles. The van der Waals surface area contributed by atoms with E-state index in [1.54, 1.807) is 17.8 Å². The topological polar surface area (TPSA) is 69.0 Å². The Balaban J connectivity index is 1.72. The fourth-order valence-electron chi connectivity index (χ4n) is 2.77. The third-order valence-electron chi connectivity index (χ3n) is 4.16. The van der Waals surface area contributed by atoms with Gasteiger partial charge >= 0.3 is 6.18 Å². The first-order chi connectivity index (χ1) is 14.8. The Morgan fingerprint density at radius 3 is 2.71 bits per heavy atom. The van der Waals surface area contributed by atoms with Crippen LogP contribution in [-0.2, 0) is 17.5 Å². The first-order valence-corrected chi connectivity index (χ1v) is 10.1. The number of hydrogen-bond donors (Lipinski definition) is 1. The van der Waals surface area contributed by atoms with Gasteiger partial charge in [0.1, 0.15) is 5.75 Å². The van der Waals surface area contributed by atoms with E-state index in [1.807, 2.05) is 24.3 Å². The summed E-state index contributed by atoms with van der Waals surface area (Å²) in [6.07, 6.45) is -2.80. The normalized spacial score (nSPS) is 11.2. The van der Waals surface area contributed by atoms with Gasteiger partial charge in [-0.15, -0.1) is 16.8 Å². The molecule has 1 N–H and O–H groups in total. The summed E-state index contributed by atoms with van der Waals surface area (Å²) >= 11 is 1.13. The van der Waals surface area contributed by atoms with Crippen LogP contribution in [0.3, 0.4) is 0 Å². The zero-order valence-corrected chi connectivity index (χ0v) is 17.3. The van der Waals surface area contributed by atoms with Crippen molar-refractivity contribution in [2.24, 2.45) is 0 Å². The Labute approximate surface area is 181 Å². The number of alkyl halides is 3. The highest BCUT2D eigenvalue weighted by molar-refractivity contribution is 7.99. The first-order valence-electron chi connectivity index (χ1n) is 9.10. The molecule has 0 saturated carbocycles. The molecule has 162 valence electrons. The lowest BCUT2D eigenvalue weighted by atomic mass is 10.2. The van der Waals surface area contributed by atoms with Crippen molar-refractivity contribution >= 4 is 23.4 Å². The molecule has 0 fully saturated rings. The van der Waals surface area contributed by atoms with Crippen LogP contribution in [0.5, 0.6) is 5.75 Å². The van der Waals surface area contributed by atoms with Crippen LogP contribution >= 0.6 is 11.8 Å². The van der Waals surface area contributed by atoms with Crippen LogP contribution in [-0.4, -0.2) is 33.5 Å². The van der Waals surface area contributed by atoms with Crippen molar-refractivity contribution in [1.82, 2.24) is 14.8 Å². The van der Waals surface area contributed by atoms with Crippen LogP contribution in [0.4, 0.5) is 18.9 Å². The molecule has 3 aromatic rings. The molecule has 0 radical (unpaired) electrons. The van der Waals surface area contributed by atoms with Gasteiger partial charge in [-0.3, -0.25) is 9.36 Å². The number of nitrogens with zero attached hydrogens (tertiary/aromatic N) is 3. The zero-order chi connectivity index (χ0) is 22.4. The molecule has 0 aliphatic heterocycles. The number of thioether (sulfide) groups is 1. The lowest BCUT2D eigenvalue weighted by molar-refractivity contribution is -0.137. The smallest absolute Gasteiger partial charge is 0.416 e. The highest BCUT2D eigenvalue weighted by atomic mass is 32.2. The Morgan fingerprint density at radius 2 is 2.00 bits per heavy atom. The van der Waals surface area contributed by atoms with E-state index in [0.29, 0.717) is 23.3 Å². The highest BCUT2D eigenvalue weighted by Gasteiger charge is 2.30. The predicted molar refractivity (Wildman–Crippen MR) is 113 cm³/mol. The number of benzene rings is 2. The van der Waals surface area contributed by atoms with Crippen LogP contribution in [0.2, 0.25) is 0 Å². The number of anilines is 1. The van der Waals surface area contributed by atoms with Gasteiger partial charge in [-0.05, 0) is 30.3 Å². The number of carbonyl (C=O) groups excluding carboxylic acids is 1. The van der Waals surface area contributed by atoms with E-state index in [2.05, 4.69) is 22.1 Å². The molecule has 0 aliphatic rings. The maximum atomic E-state index is 12.8. The third-order valence-corrected chi connectivity index (χ3v) is 5.13. The summed E-state index contributed by atoms with van der Waals surface area (Å²) in [5, 5.41) is 11.3. The average molecular weight is 448 g/mol. The van der Waals surface area contributed by atoms with Crippen LogP contribution in [0, 0.1) is 0 Å². The molecular weight excluding hydrogens is 429 g/mol. The van der Waals surface area contributed by atoms with E-state index >= 15 is 0 Å². The van der Waals surface area contributed by atoms with Crippen molar-refractivity contribution < 1.29 is 22.7 Å². The summed E-state index contributed by atoms with van der Waals surface area (Å²) in [5.74, 6) is 0.740. The largest absolute Gasteiger partial charge is 0.497 e. The molecule has 1 aromatic heterocycles. The second-order valence-electron chi connectivity index (χ2n) is 6.35. The van der Waals surface area contributed by atoms with Crippen LogP contribution in [0.1, 0.15) is 5.56 Å². The van der Waals surface area contributed by atoms with Gasteiger partial charge < -0.3 is 10.1 Å². The van der Waals surface area contributed by atoms with E-state index in [-0.39, 0.29) is 11.4 Å². The molecule has 0 spiro atoms. The van der Waals surface area contributed by atoms with Crippen molar-refractivity contribution in [1.29, 1.82) is 0 Å². The molecule has 2 aromatic carbocycles. The number of ether oxygens (including phenoxy) is 1. The molecule has 0 bridgehead atoms. The molecular formula is C21H19F3N4O2S. The molecule has 0 aliphatic carbocycles. The molecule has 3 rings (SSSR count). The third kappa shape index (κ3) is 5.66. The zero-order valence-electron chi connectivity index (χ0n) is 16.5. The minimum atomic E-state index is -4.48. The van der Waals surface area contributed by atoms with Gasteiger partial charge in [0.2, 0.25) is 5.91 Å². The van der Waals surface area contributed by atoms with E-state index in [4.69, 9.17) is 4.74 Å². The molecule has 1 heterocycles. The van der Waals surface area contributed by atoms with Crippen molar-refractivity contribution in [2.45, 2.75) is 17.9 Å². The van der Waals surface area contributed by atoms with E-state index in [0.717, 1.165) is 29.5 Å². The number of hydrogen-bond acceptors (Lipinski definition) is 5. The Morgan fingerprint density at radius 1 is 1.23 bits per heavy atom. The number of halogens is 3.